The van der Waals surface area contributed by atoms with E-state index in [0.29, 0.717) is 34.1 Å². The number of aromatic nitrogens is 2. The average Bonchev–Trinajstić information content (AvgIpc) is 3.37. The van der Waals surface area contributed by atoms with Gasteiger partial charge in [-0.1, -0.05) is 26.0 Å². The molecule has 0 radical (unpaired) electrons. The zero-order valence-electron chi connectivity index (χ0n) is 20.5. The van der Waals surface area contributed by atoms with E-state index in [-0.39, 0.29) is 12.5 Å². The minimum atomic E-state index is -0.996. The molecular weight excluding hydrogens is 594 g/mol. The molecule has 1 saturated heterocycles. The molecule has 3 aromatic rings. The van der Waals surface area contributed by atoms with Crippen molar-refractivity contribution < 1.29 is 28.9 Å². The maximum absolute atomic E-state index is 14.7. The number of H-pyrrole nitrogens is 1. The molecule has 196 valence electrons. The molecule has 4 rings (SSSR count). The van der Waals surface area contributed by atoms with Gasteiger partial charge in [-0.05, 0) is 71.3 Å². The number of benzene rings is 2. The lowest BCUT2D eigenvalue weighted by Crippen LogP contribution is -2.38. The van der Waals surface area contributed by atoms with Crippen LogP contribution in [0.2, 0.25) is 0 Å². The van der Waals surface area contributed by atoms with Gasteiger partial charge in [0.15, 0.2) is 0 Å². The first-order chi connectivity index (χ1) is 17.6. The molecule has 1 fully saturated rings. The normalized spacial score (nSPS) is 17.3. The molecule has 37 heavy (non-hydrogen) atoms. The number of aliphatic hydroxyl groups excluding tert-OH is 2. The molecule has 1 aromatic heterocycles. The van der Waals surface area contributed by atoms with Crippen molar-refractivity contribution in [3.05, 3.63) is 68.9 Å². The van der Waals surface area contributed by atoms with Crippen molar-refractivity contribution >= 4 is 34.5 Å². The largest absolute Gasteiger partial charge is 0.491 e. The number of aliphatic hydroxyl groups is 2. The van der Waals surface area contributed by atoms with Crippen molar-refractivity contribution in [1.29, 1.82) is 0 Å². The molecule has 3 amide bonds. The van der Waals surface area contributed by atoms with Crippen LogP contribution in [0, 0.1) is 22.2 Å². The third kappa shape index (κ3) is 5.63. The summed E-state index contributed by atoms with van der Waals surface area (Å²) in [6, 6.07) is 9.31. The van der Waals surface area contributed by atoms with Crippen LogP contribution in [0.25, 0.3) is 11.3 Å². The van der Waals surface area contributed by atoms with Crippen LogP contribution >= 0.6 is 22.6 Å². The van der Waals surface area contributed by atoms with Crippen molar-refractivity contribution in [3.8, 4) is 17.0 Å². The summed E-state index contributed by atoms with van der Waals surface area (Å²) in [5, 5.41) is 21.1. The van der Waals surface area contributed by atoms with Gasteiger partial charge in [0, 0.05) is 14.8 Å². The summed E-state index contributed by atoms with van der Waals surface area (Å²) in [5.41, 5.74) is 1.97. The Morgan fingerprint density at radius 3 is 2.51 bits per heavy atom. The van der Waals surface area contributed by atoms with E-state index in [9.17, 15) is 19.1 Å². The number of urea groups is 1. The smallest absolute Gasteiger partial charge is 0.325 e. The second-order valence-electron chi connectivity index (χ2n) is 9.22. The fraction of sp³-hybridized carbons (Fsp3) is 0.346. The van der Waals surface area contributed by atoms with Gasteiger partial charge in [-0.2, -0.15) is 0 Å². The highest BCUT2D eigenvalue weighted by molar-refractivity contribution is 14.1. The van der Waals surface area contributed by atoms with E-state index in [2.05, 4.69) is 15.3 Å². The molecule has 0 bridgehead atoms. The molecule has 11 heteroatoms. The molecule has 9 nitrogen and oxygen atoms in total. The molecule has 2 aromatic carbocycles. The summed E-state index contributed by atoms with van der Waals surface area (Å²) >= 11 is 2.04. The van der Waals surface area contributed by atoms with Gasteiger partial charge >= 0.3 is 6.03 Å². The van der Waals surface area contributed by atoms with Crippen LogP contribution in [0.15, 0.2) is 42.5 Å². The lowest BCUT2D eigenvalue weighted by Gasteiger charge is -2.27. The monoisotopic (exact) mass is 622 g/mol. The molecule has 0 aliphatic carbocycles. The van der Waals surface area contributed by atoms with Gasteiger partial charge in [-0.25, -0.2) is 14.2 Å². The summed E-state index contributed by atoms with van der Waals surface area (Å²) in [6.07, 6.45) is -0.996. The van der Waals surface area contributed by atoms with Gasteiger partial charge in [-0.15, -0.1) is 0 Å². The SMILES string of the molecule is Cc1[nH]c([C@H](C(C)C)N2C(=O)N[C@H](c3ccc(OC[C@H](O)CO)cc3)C2=O)nc1-c1ccc(I)cc1F. The number of ether oxygens (including phenoxy) is 1. The molecule has 0 saturated carbocycles. The van der Waals surface area contributed by atoms with E-state index >= 15 is 0 Å². The first kappa shape index (κ1) is 27.0. The first-order valence-corrected chi connectivity index (χ1v) is 12.9. The maximum Gasteiger partial charge on any atom is 0.325 e. The summed E-state index contributed by atoms with van der Waals surface area (Å²) in [7, 11) is 0. The highest BCUT2D eigenvalue weighted by atomic mass is 127. The van der Waals surface area contributed by atoms with Crippen molar-refractivity contribution in [2.75, 3.05) is 13.2 Å². The van der Waals surface area contributed by atoms with Crippen LogP contribution in [0.4, 0.5) is 9.18 Å². The van der Waals surface area contributed by atoms with E-state index in [1.165, 1.54) is 11.0 Å². The number of imide groups is 1. The number of hydrogen-bond donors (Lipinski definition) is 4. The number of aryl methyl sites for hydroxylation is 1. The van der Waals surface area contributed by atoms with Gasteiger partial charge in [0.1, 0.15) is 42.2 Å². The third-order valence-corrected chi connectivity index (χ3v) is 6.79. The third-order valence-electron chi connectivity index (χ3n) is 6.12. The minimum absolute atomic E-state index is 0.0740. The summed E-state index contributed by atoms with van der Waals surface area (Å²) in [5.74, 6) is -0.157. The minimum Gasteiger partial charge on any atom is -0.491 e. The fourth-order valence-corrected chi connectivity index (χ4v) is 4.74. The number of amides is 3. The highest BCUT2D eigenvalue weighted by Crippen LogP contribution is 2.36. The Hall–Kier alpha value is -3.03. The Kier molecular flexibility index (Phi) is 8.14. The maximum atomic E-state index is 14.7. The standard InChI is InChI=1S/C26H28FIN4O5/c1-13(2)23(24-29-14(3)21(30-24)19-9-6-16(28)10-20(19)27)32-25(35)22(31-26(32)36)15-4-7-18(8-5-15)37-12-17(34)11-33/h4-10,13,17,22-23,33-34H,11-12H2,1-3H3,(H,29,30)(H,31,36)/t17-,22-,23+/m1/s1. The molecule has 0 spiro atoms. The molecule has 3 atom stereocenters. The van der Waals surface area contributed by atoms with E-state index in [4.69, 9.17) is 9.84 Å². The molecule has 4 N–H and O–H groups in total. The van der Waals surface area contributed by atoms with E-state index in [1.54, 1.807) is 43.3 Å². The number of imidazole rings is 1. The Bertz CT molecular complexity index is 1300. The van der Waals surface area contributed by atoms with Gasteiger partial charge in [0.05, 0.1) is 12.3 Å². The van der Waals surface area contributed by atoms with Gasteiger partial charge in [0.2, 0.25) is 0 Å². The predicted octanol–water partition coefficient (Wildman–Crippen LogP) is 3.85. The highest BCUT2D eigenvalue weighted by Gasteiger charge is 2.45. The molecule has 2 heterocycles. The second-order valence-corrected chi connectivity index (χ2v) is 10.5. The van der Waals surface area contributed by atoms with Crippen LogP contribution in [0.3, 0.4) is 0 Å². The Labute approximate surface area is 227 Å². The summed E-state index contributed by atoms with van der Waals surface area (Å²) in [4.78, 5) is 35.5. The number of rotatable bonds is 9. The number of nitrogens with zero attached hydrogens (tertiary/aromatic N) is 2. The lowest BCUT2D eigenvalue weighted by molar-refractivity contribution is -0.130. The number of carbonyl (C=O) groups is 2. The number of nitrogens with one attached hydrogen (secondary N) is 2. The fourth-order valence-electron chi connectivity index (χ4n) is 4.29. The van der Waals surface area contributed by atoms with Crippen LogP contribution in [0.1, 0.15) is 43.0 Å². The molecular formula is C26H28FIN4O5. The summed E-state index contributed by atoms with van der Waals surface area (Å²) < 4.78 is 20.8. The van der Waals surface area contributed by atoms with Gasteiger partial charge in [0.25, 0.3) is 5.91 Å². The molecule has 0 unspecified atom stereocenters. The first-order valence-electron chi connectivity index (χ1n) is 11.8. The van der Waals surface area contributed by atoms with Gasteiger partial charge in [-0.3, -0.25) is 9.69 Å². The zero-order valence-corrected chi connectivity index (χ0v) is 22.7. The van der Waals surface area contributed by atoms with Crippen molar-refractivity contribution in [2.45, 2.75) is 39.0 Å². The van der Waals surface area contributed by atoms with Crippen LogP contribution in [-0.4, -0.2) is 56.3 Å². The predicted molar refractivity (Wildman–Crippen MR) is 142 cm³/mol. The van der Waals surface area contributed by atoms with Crippen LogP contribution in [0.5, 0.6) is 5.75 Å². The molecule has 1 aliphatic rings. The molecule has 1 aliphatic heterocycles. The number of aromatic amines is 1. The topological polar surface area (TPSA) is 128 Å². The van der Waals surface area contributed by atoms with E-state index in [0.717, 1.165) is 3.57 Å². The lowest BCUT2D eigenvalue weighted by atomic mass is 10.0. The van der Waals surface area contributed by atoms with E-state index < -0.39 is 42.6 Å². The van der Waals surface area contributed by atoms with Crippen molar-refractivity contribution in [1.82, 2.24) is 20.2 Å². The Balaban J connectivity index is 1.59. The number of halogens is 2. The van der Waals surface area contributed by atoms with Crippen molar-refractivity contribution in [3.63, 3.8) is 0 Å². The second kappa shape index (κ2) is 11.2. The van der Waals surface area contributed by atoms with Crippen molar-refractivity contribution in [2.24, 2.45) is 5.92 Å². The van der Waals surface area contributed by atoms with E-state index in [1.807, 2.05) is 36.4 Å². The Morgan fingerprint density at radius 1 is 1.19 bits per heavy atom. The number of hydrogen-bond acceptors (Lipinski definition) is 6. The van der Waals surface area contributed by atoms with Crippen LogP contribution < -0.4 is 10.1 Å². The van der Waals surface area contributed by atoms with Crippen LogP contribution in [-0.2, 0) is 4.79 Å². The number of carbonyl (C=O) groups excluding carboxylic acids is 2. The average molecular weight is 622 g/mol. The Morgan fingerprint density at radius 2 is 1.89 bits per heavy atom. The van der Waals surface area contributed by atoms with Gasteiger partial charge < -0.3 is 25.3 Å². The summed E-state index contributed by atoms with van der Waals surface area (Å²) in [6.45, 7) is 5.06. The zero-order chi connectivity index (χ0) is 26.9. The quantitative estimate of drug-likeness (QED) is 0.212.